The number of likely N-dealkylation sites (tertiary alicyclic amines) is 1. The first-order chi connectivity index (χ1) is 11.3. The molecule has 1 fully saturated rings. The van der Waals surface area contributed by atoms with Gasteiger partial charge in [0, 0.05) is 19.0 Å². The van der Waals surface area contributed by atoms with Gasteiger partial charge in [-0.3, -0.25) is 4.90 Å². The summed E-state index contributed by atoms with van der Waals surface area (Å²) in [4.78, 5) is 7.05. The van der Waals surface area contributed by atoms with Crippen molar-refractivity contribution < 1.29 is 8.81 Å². The zero-order valence-electron chi connectivity index (χ0n) is 12.9. The fourth-order valence-corrected chi connectivity index (χ4v) is 3.31. The average Bonchev–Trinajstić information content (AvgIpc) is 3.01. The molecule has 23 heavy (non-hydrogen) atoms. The molecule has 0 bridgehead atoms. The molecule has 118 valence electrons. The third-order valence-electron chi connectivity index (χ3n) is 4.48. The van der Waals surface area contributed by atoms with Gasteiger partial charge in [0.1, 0.15) is 11.3 Å². The minimum atomic E-state index is -0.184. The lowest BCUT2D eigenvalue weighted by atomic mass is 9.97. The molecule has 4 rings (SSSR count). The fourth-order valence-electron chi connectivity index (χ4n) is 3.31. The molecule has 0 aliphatic carbocycles. The summed E-state index contributed by atoms with van der Waals surface area (Å²) in [6.45, 7) is 2.84. The van der Waals surface area contributed by atoms with E-state index >= 15 is 0 Å². The molecular formula is C19H19FN2O. The van der Waals surface area contributed by atoms with Crippen LogP contribution in [0.5, 0.6) is 0 Å². The van der Waals surface area contributed by atoms with Crippen LogP contribution in [0.25, 0.3) is 11.1 Å². The van der Waals surface area contributed by atoms with Crippen molar-refractivity contribution in [3.8, 4) is 0 Å². The van der Waals surface area contributed by atoms with Crippen LogP contribution in [0.4, 0.5) is 4.39 Å². The number of aromatic nitrogens is 1. The first-order valence-corrected chi connectivity index (χ1v) is 8.10. The van der Waals surface area contributed by atoms with Crippen molar-refractivity contribution in [2.75, 3.05) is 13.1 Å². The molecule has 0 saturated carbocycles. The van der Waals surface area contributed by atoms with E-state index in [4.69, 9.17) is 4.42 Å². The Morgan fingerprint density at radius 3 is 2.78 bits per heavy atom. The first-order valence-electron chi connectivity index (χ1n) is 8.10. The molecule has 1 aliphatic rings. The monoisotopic (exact) mass is 310 g/mol. The molecule has 0 N–H and O–H groups in total. The zero-order valence-corrected chi connectivity index (χ0v) is 12.9. The zero-order chi connectivity index (χ0) is 15.6. The second kappa shape index (κ2) is 6.13. The van der Waals surface area contributed by atoms with Gasteiger partial charge in [-0.2, -0.15) is 0 Å². The van der Waals surface area contributed by atoms with Gasteiger partial charge in [0.25, 0.3) is 0 Å². The Hall–Kier alpha value is -2.20. The number of rotatable bonds is 3. The normalized spacial score (nSPS) is 19.3. The van der Waals surface area contributed by atoms with E-state index in [1.165, 1.54) is 12.1 Å². The molecule has 0 radical (unpaired) electrons. The molecule has 0 spiro atoms. The fraction of sp³-hybridized carbons (Fsp3) is 0.316. The van der Waals surface area contributed by atoms with Crippen LogP contribution in [0.2, 0.25) is 0 Å². The minimum Gasteiger partial charge on any atom is -0.440 e. The van der Waals surface area contributed by atoms with E-state index in [1.807, 2.05) is 36.4 Å². The van der Waals surface area contributed by atoms with Crippen molar-refractivity contribution in [2.45, 2.75) is 25.3 Å². The third-order valence-corrected chi connectivity index (χ3v) is 4.48. The number of oxazole rings is 1. The van der Waals surface area contributed by atoms with Crippen LogP contribution in [-0.4, -0.2) is 23.0 Å². The van der Waals surface area contributed by atoms with Gasteiger partial charge in [0.05, 0.1) is 0 Å². The van der Waals surface area contributed by atoms with E-state index in [0.717, 1.165) is 55.0 Å². The summed E-state index contributed by atoms with van der Waals surface area (Å²) in [6, 6.07) is 14.7. The highest BCUT2D eigenvalue weighted by atomic mass is 19.1. The second-order valence-corrected chi connectivity index (χ2v) is 6.22. The summed E-state index contributed by atoms with van der Waals surface area (Å²) >= 11 is 0. The van der Waals surface area contributed by atoms with Crippen molar-refractivity contribution in [3.05, 3.63) is 65.8 Å². The maximum atomic E-state index is 13.0. The Bertz CT molecular complexity index is 763. The van der Waals surface area contributed by atoms with E-state index in [1.54, 1.807) is 0 Å². The lowest BCUT2D eigenvalue weighted by molar-refractivity contribution is 0.187. The molecule has 2 aromatic carbocycles. The van der Waals surface area contributed by atoms with E-state index < -0.39 is 0 Å². The summed E-state index contributed by atoms with van der Waals surface area (Å²) in [5, 5.41) is 0. The lowest BCUT2D eigenvalue weighted by Gasteiger charge is -2.31. The first kappa shape index (κ1) is 14.4. The molecule has 4 heteroatoms. The topological polar surface area (TPSA) is 29.3 Å². The van der Waals surface area contributed by atoms with Gasteiger partial charge in [0.15, 0.2) is 11.5 Å². The summed E-state index contributed by atoms with van der Waals surface area (Å²) in [7, 11) is 0. The summed E-state index contributed by atoms with van der Waals surface area (Å²) in [6.07, 6.45) is 2.23. The highest BCUT2D eigenvalue weighted by Crippen LogP contribution is 2.29. The Morgan fingerprint density at radius 2 is 1.96 bits per heavy atom. The second-order valence-electron chi connectivity index (χ2n) is 6.22. The number of fused-ring (bicyclic) bond motifs is 1. The van der Waals surface area contributed by atoms with Crippen molar-refractivity contribution in [2.24, 2.45) is 0 Å². The highest BCUT2D eigenvalue weighted by Gasteiger charge is 2.25. The number of para-hydroxylation sites is 2. The molecule has 0 amide bonds. The van der Waals surface area contributed by atoms with Gasteiger partial charge in [0.2, 0.25) is 0 Å². The van der Waals surface area contributed by atoms with Gasteiger partial charge in [-0.25, -0.2) is 9.37 Å². The van der Waals surface area contributed by atoms with Crippen molar-refractivity contribution in [1.29, 1.82) is 0 Å². The number of nitrogens with zero attached hydrogens (tertiary/aromatic N) is 2. The van der Waals surface area contributed by atoms with Crippen LogP contribution in [-0.2, 0) is 6.54 Å². The van der Waals surface area contributed by atoms with Gasteiger partial charge >= 0.3 is 0 Å². The molecule has 3 aromatic rings. The summed E-state index contributed by atoms with van der Waals surface area (Å²) in [5.41, 5.74) is 2.93. The van der Waals surface area contributed by atoms with Gasteiger partial charge in [-0.15, -0.1) is 0 Å². The minimum absolute atomic E-state index is 0.184. The number of hydrogen-bond acceptors (Lipinski definition) is 3. The molecule has 1 unspecified atom stereocenters. The molecule has 2 heterocycles. The predicted octanol–water partition coefficient (Wildman–Crippen LogP) is 4.35. The van der Waals surface area contributed by atoms with Crippen LogP contribution >= 0.6 is 0 Å². The van der Waals surface area contributed by atoms with Crippen LogP contribution in [0.15, 0.2) is 52.9 Å². The number of halogens is 1. The van der Waals surface area contributed by atoms with Crippen LogP contribution in [0.1, 0.15) is 30.2 Å². The van der Waals surface area contributed by atoms with E-state index in [9.17, 15) is 4.39 Å². The third kappa shape index (κ3) is 3.13. The molecular weight excluding hydrogens is 291 g/mol. The van der Waals surface area contributed by atoms with Crippen molar-refractivity contribution >= 4 is 11.1 Å². The Morgan fingerprint density at radius 1 is 1.13 bits per heavy atom. The largest absolute Gasteiger partial charge is 0.440 e. The number of benzene rings is 2. The van der Waals surface area contributed by atoms with Crippen LogP contribution in [0.3, 0.4) is 0 Å². The van der Waals surface area contributed by atoms with Crippen LogP contribution in [0, 0.1) is 5.82 Å². The molecule has 1 atom stereocenters. The maximum Gasteiger partial charge on any atom is 0.199 e. The van der Waals surface area contributed by atoms with E-state index in [-0.39, 0.29) is 5.82 Å². The summed E-state index contributed by atoms with van der Waals surface area (Å²) < 4.78 is 19.0. The Balaban J connectivity index is 1.49. The molecule has 1 saturated heterocycles. The SMILES string of the molecule is Fc1ccc(CN2CCCC(c3nc4ccccc4o3)C2)cc1. The quantitative estimate of drug-likeness (QED) is 0.720. The standard InChI is InChI=1S/C19H19FN2O/c20-16-9-7-14(8-10-16)12-22-11-3-4-15(13-22)19-21-17-5-1-2-6-18(17)23-19/h1-2,5-10,15H,3-4,11-13H2. The van der Waals surface area contributed by atoms with Crippen molar-refractivity contribution in [3.63, 3.8) is 0 Å². The Kier molecular flexibility index (Phi) is 3.83. The molecule has 1 aromatic heterocycles. The predicted molar refractivity (Wildman–Crippen MR) is 87.7 cm³/mol. The highest BCUT2D eigenvalue weighted by molar-refractivity contribution is 5.72. The van der Waals surface area contributed by atoms with Gasteiger partial charge in [-0.05, 0) is 49.2 Å². The van der Waals surface area contributed by atoms with Crippen LogP contribution < -0.4 is 0 Å². The maximum absolute atomic E-state index is 13.0. The smallest absolute Gasteiger partial charge is 0.199 e. The summed E-state index contributed by atoms with van der Waals surface area (Å²) in [5.74, 6) is 0.989. The van der Waals surface area contributed by atoms with E-state index in [2.05, 4.69) is 9.88 Å². The Labute approximate surface area is 134 Å². The van der Waals surface area contributed by atoms with Crippen molar-refractivity contribution in [1.82, 2.24) is 9.88 Å². The number of piperidine rings is 1. The van der Waals surface area contributed by atoms with Gasteiger partial charge in [-0.1, -0.05) is 24.3 Å². The number of hydrogen-bond donors (Lipinski definition) is 0. The average molecular weight is 310 g/mol. The van der Waals surface area contributed by atoms with E-state index in [0.29, 0.717) is 5.92 Å². The molecule has 3 nitrogen and oxygen atoms in total. The molecule has 1 aliphatic heterocycles. The lowest BCUT2D eigenvalue weighted by Crippen LogP contribution is -2.34. The van der Waals surface area contributed by atoms with Gasteiger partial charge < -0.3 is 4.42 Å².